The maximum atomic E-state index is 12.5. The second-order valence-electron chi connectivity index (χ2n) is 5.75. The number of nitrogens with zero attached hydrogens (tertiary/aromatic N) is 1. The van der Waals surface area contributed by atoms with Crippen LogP contribution >= 0.6 is 11.6 Å². The van der Waals surface area contributed by atoms with Gasteiger partial charge in [-0.3, -0.25) is 4.79 Å². The van der Waals surface area contributed by atoms with E-state index in [1.165, 1.54) is 19.3 Å². The molecule has 0 N–H and O–H groups in total. The summed E-state index contributed by atoms with van der Waals surface area (Å²) >= 11 is 5.71. The first-order chi connectivity index (χ1) is 8.03. The first-order valence-electron chi connectivity index (χ1n) is 6.87. The second-order valence-corrected chi connectivity index (χ2v) is 6.13. The lowest BCUT2D eigenvalue weighted by Crippen LogP contribution is -2.44. The fourth-order valence-corrected chi connectivity index (χ4v) is 2.97. The molecule has 1 atom stereocenters. The lowest BCUT2D eigenvalue weighted by Gasteiger charge is -2.40. The number of carbonyl (C=O) groups is 1. The monoisotopic (exact) mass is 259 g/mol. The van der Waals surface area contributed by atoms with E-state index in [-0.39, 0.29) is 11.3 Å². The predicted molar refractivity (Wildman–Crippen MR) is 73.3 cm³/mol. The Morgan fingerprint density at radius 2 is 2.12 bits per heavy atom. The quantitative estimate of drug-likeness (QED) is 0.690. The molecule has 3 heteroatoms. The van der Waals surface area contributed by atoms with Crippen molar-refractivity contribution in [3.05, 3.63) is 0 Å². The van der Waals surface area contributed by atoms with Crippen molar-refractivity contribution in [1.82, 2.24) is 4.90 Å². The van der Waals surface area contributed by atoms with Crippen LogP contribution in [0.2, 0.25) is 0 Å². The summed E-state index contributed by atoms with van der Waals surface area (Å²) in [6.07, 6.45) is 5.60. The Labute approximate surface area is 111 Å². The zero-order valence-corrected chi connectivity index (χ0v) is 12.2. The zero-order valence-electron chi connectivity index (χ0n) is 11.5. The Balaban J connectivity index is 2.65. The maximum Gasteiger partial charge on any atom is 0.226 e. The Kier molecular flexibility index (Phi) is 5.78. The summed E-state index contributed by atoms with van der Waals surface area (Å²) in [5.74, 6) is 1.20. The molecule has 0 aromatic heterocycles. The minimum Gasteiger partial charge on any atom is -0.343 e. The first kappa shape index (κ1) is 14.8. The summed E-state index contributed by atoms with van der Waals surface area (Å²) < 4.78 is 0. The SMILES string of the molecule is CCN(CCCCl)C(=O)C1CCCCC1(C)C. The summed E-state index contributed by atoms with van der Waals surface area (Å²) in [4.78, 5) is 14.5. The molecule has 1 unspecified atom stereocenters. The van der Waals surface area contributed by atoms with E-state index < -0.39 is 0 Å². The highest BCUT2D eigenvalue weighted by molar-refractivity contribution is 6.17. The Morgan fingerprint density at radius 3 is 2.65 bits per heavy atom. The van der Waals surface area contributed by atoms with E-state index in [1.807, 2.05) is 4.90 Å². The fraction of sp³-hybridized carbons (Fsp3) is 0.929. The molecule has 17 heavy (non-hydrogen) atoms. The molecule has 1 amide bonds. The average Bonchev–Trinajstić information content (AvgIpc) is 2.29. The van der Waals surface area contributed by atoms with Crippen molar-refractivity contribution >= 4 is 17.5 Å². The van der Waals surface area contributed by atoms with E-state index in [2.05, 4.69) is 20.8 Å². The van der Waals surface area contributed by atoms with Crippen molar-refractivity contribution in [2.45, 2.75) is 52.9 Å². The second kappa shape index (κ2) is 6.63. The molecule has 0 bridgehead atoms. The first-order valence-corrected chi connectivity index (χ1v) is 7.41. The van der Waals surface area contributed by atoms with Gasteiger partial charge in [-0.05, 0) is 31.6 Å². The molecule has 0 radical (unpaired) electrons. The molecule has 0 aromatic carbocycles. The standard InChI is InChI=1S/C14H26ClNO/c1-4-16(11-7-10-15)13(17)12-8-5-6-9-14(12,2)3/h12H,4-11H2,1-3H3. The van der Waals surface area contributed by atoms with Gasteiger partial charge in [0.2, 0.25) is 5.91 Å². The van der Waals surface area contributed by atoms with Crippen LogP contribution in [0.5, 0.6) is 0 Å². The third-order valence-corrected chi connectivity index (χ3v) is 4.33. The molecule has 0 saturated heterocycles. The normalized spacial score (nSPS) is 23.4. The largest absolute Gasteiger partial charge is 0.343 e. The molecule has 1 saturated carbocycles. The molecule has 1 aliphatic rings. The third-order valence-electron chi connectivity index (χ3n) is 4.06. The van der Waals surface area contributed by atoms with Crippen molar-refractivity contribution in [2.24, 2.45) is 11.3 Å². The number of amides is 1. The van der Waals surface area contributed by atoms with Crippen LogP contribution < -0.4 is 0 Å². The Morgan fingerprint density at radius 1 is 1.41 bits per heavy atom. The van der Waals surface area contributed by atoms with Gasteiger partial charge in [0.1, 0.15) is 0 Å². The van der Waals surface area contributed by atoms with Crippen molar-refractivity contribution in [1.29, 1.82) is 0 Å². The molecular formula is C14H26ClNO. The fourth-order valence-electron chi connectivity index (χ4n) is 2.85. The van der Waals surface area contributed by atoms with Gasteiger partial charge in [-0.1, -0.05) is 26.7 Å². The molecule has 0 aliphatic heterocycles. The van der Waals surface area contributed by atoms with Crippen LogP contribution in [0, 0.1) is 11.3 Å². The summed E-state index contributed by atoms with van der Waals surface area (Å²) in [6.45, 7) is 8.16. The molecule has 1 fully saturated rings. The summed E-state index contributed by atoms with van der Waals surface area (Å²) in [5, 5.41) is 0. The van der Waals surface area contributed by atoms with E-state index >= 15 is 0 Å². The molecule has 1 rings (SSSR count). The lowest BCUT2D eigenvalue weighted by atomic mass is 9.68. The molecule has 2 nitrogen and oxygen atoms in total. The summed E-state index contributed by atoms with van der Waals surface area (Å²) in [5.41, 5.74) is 0.170. The van der Waals surface area contributed by atoms with E-state index in [4.69, 9.17) is 11.6 Å². The van der Waals surface area contributed by atoms with Crippen LogP contribution in [0.15, 0.2) is 0 Å². The van der Waals surface area contributed by atoms with Crippen LogP contribution in [0.3, 0.4) is 0 Å². The van der Waals surface area contributed by atoms with Gasteiger partial charge in [0, 0.05) is 24.9 Å². The minimum atomic E-state index is 0.170. The molecule has 0 heterocycles. The van der Waals surface area contributed by atoms with Crippen LogP contribution in [0.25, 0.3) is 0 Å². The van der Waals surface area contributed by atoms with Gasteiger partial charge in [0.15, 0.2) is 0 Å². The highest BCUT2D eigenvalue weighted by Gasteiger charge is 2.38. The average molecular weight is 260 g/mol. The number of carbonyl (C=O) groups excluding carboxylic acids is 1. The predicted octanol–water partition coefficient (Wildman–Crippen LogP) is 3.68. The Hall–Kier alpha value is -0.240. The third kappa shape index (κ3) is 3.87. The lowest BCUT2D eigenvalue weighted by molar-refractivity contribution is -0.141. The van der Waals surface area contributed by atoms with Crippen molar-refractivity contribution in [2.75, 3.05) is 19.0 Å². The summed E-state index contributed by atoms with van der Waals surface area (Å²) in [6, 6.07) is 0. The molecule has 1 aliphatic carbocycles. The topological polar surface area (TPSA) is 20.3 Å². The number of hydrogen-bond acceptors (Lipinski definition) is 1. The van der Waals surface area contributed by atoms with E-state index in [9.17, 15) is 4.79 Å². The van der Waals surface area contributed by atoms with Crippen molar-refractivity contribution in [3.8, 4) is 0 Å². The van der Waals surface area contributed by atoms with Crippen molar-refractivity contribution < 1.29 is 4.79 Å². The van der Waals surface area contributed by atoms with Gasteiger partial charge in [0.05, 0.1) is 0 Å². The van der Waals surface area contributed by atoms with Crippen LogP contribution in [0.4, 0.5) is 0 Å². The molecule has 0 spiro atoms. The van der Waals surface area contributed by atoms with Gasteiger partial charge in [-0.25, -0.2) is 0 Å². The van der Waals surface area contributed by atoms with Crippen LogP contribution in [0.1, 0.15) is 52.9 Å². The number of halogens is 1. The number of rotatable bonds is 5. The molecular weight excluding hydrogens is 234 g/mol. The number of hydrogen-bond donors (Lipinski definition) is 0. The molecule has 0 aromatic rings. The van der Waals surface area contributed by atoms with Gasteiger partial charge >= 0.3 is 0 Å². The molecule has 100 valence electrons. The highest BCUT2D eigenvalue weighted by Crippen LogP contribution is 2.41. The van der Waals surface area contributed by atoms with Crippen molar-refractivity contribution in [3.63, 3.8) is 0 Å². The van der Waals surface area contributed by atoms with Gasteiger partial charge in [-0.15, -0.1) is 11.6 Å². The smallest absolute Gasteiger partial charge is 0.226 e. The summed E-state index contributed by atoms with van der Waals surface area (Å²) in [7, 11) is 0. The number of alkyl halides is 1. The van der Waals surface area contributed by atoms with Crippen LogP contribution in [-0.4, -0.2) is 29.8 Å². The minimum absolute atomic E-state index is 0.170. The van der Waals surface area contributed by atoms with E-state index in [0.717, 1.165) is 25.9 Å². The zero-order chi connectivity index (χ0) is 12.9. The van der Waals surface area contributed by atoms with Gasteiger partial charge in [-0.2, -0.15) is 0 Å². The van der Waals surface area contributed by atoms with Gasteiger partial charge < -0.3 is 4.90 Å². The van der Waals surface area contributed by atoms with Gasteiger partial charge in [0.25, 0.3) is 0 Å². The highest BCUT2D eigenvalue weighted by atomic mass is 35.5. The van der Waals surface area contributed by atoms with E-state index in [0.29, 0.717) is 11.8 Å². The maximum absolute atomic E-state index is 12.5. The van der Waals surface area contributed by atoms with E-state index in [1.54, 1.807) is 0 Å². The Bertz CT molecular complexity index is 253. The van der Waals surface area contributed by atoms with Crippen LogP contribution in [-0.2, 0) is 4.79 Å².